The highest BCUT2D eigenvalue weighted by molar-refractivity contribution is 6.02. The molecule has 0 bridgehead atoms. The number of likely N-dealkylation sites (tertiary alicyclic amines) is 1. The number of nitrogens with zero attached hydrogens (tertiary/aromatic N) is 1. The van der Waals surface area contributed by atoms with Crippen LogP contribution < -0.4 is 5.73 Å². The average molecular weight is 477 g/mol. The molecule has 182 valence electrons. The minimum atomic E-state index is -0.677. The standard InChI is InChI=1S/C28H29FN2O4/c1-17-22(9-4-10-25(17)29)26-23(27(34)18-5-2-7-20(32)13-18)15-31(12-11-30)16-24(26)28(35)19-6-3-8-21(33)14-19/h2-10,13-14,23-24,26,32-33H,11-12,15-16,30H2,1H3/t23-,24+,26+. The zero-order valence-corrected chi connectivity index (χ0v) is 19.5. The van der Waals surface area contributed by atoms with Crippen LogP contribution in [0.5, 0.6) is 11.5 Å². The van der Waals surface area contributed by atoms with E-state index in [4.69, 9.17) is 5.73 Å². The van der Waals surface area contributed by atoms with E-state index in [1.807, 2.05) is 4.90 Å². The number of phenolic OH excluding ortho intramolecular Hbond substituents is 2. The first-order valence-electron chi connectivity index (χ1n) is 11.6. The van der Waals surface area contributed by atoms with Crippen LogP contribution in [-0.2, 0) is 0 Å². The fraction of sp³-hybridized carbons (Fsp3) is 0.286. The number of carbonyl (C=O) groups is 2. The lowest BCUT2D eigenvalue weighted by Crippen LogP contribution is -2.51. The summed E-state index contributed by atoms with van der Waals surface area (Å²) in [7, 11) is 0. The summed E-state index contributed by atoms with van der Waals surface area (Å²) in [6.45, 7) is 3.18. The molecule has 1 aliphatic heterocycles. The third kappa shape index (κ3) is 5.11. The highest BCUT2D eigenvalue weighted by Gasteiger charge is 2.45. The largest absolute Gasteiger partial charge is 0.508 e. The van der Waals surface area contributed by atoms with Crippen molar-refractivity contribution in [2.24, 2.45) is 17.6 Å². The molecule has 0 amide bonds. The van der Waals surface area contributed by atoms with Crippen LogP contribution in [0.4, 0.5) is 4.39 Å². The third-order valence-corrected chi connectivity index (χ3v) is 6.83. The Balaban J connectivity index is 1.86. The molecule has 4 rings (SSSR count). The van der Waals surface area contributed by atoms with Gasteiger partial charge in [-0.05, 0) is 48.4 Å². The number of aromatic hydroxyl groups is 2. The van der Waals surface area contributed by atoms with Crippen LogP contribution in [0.25, 0.3) is 0 Å². The van der Waals surface area contributed by atoms with Crippen molar-refractivity contribution in [3.8, 4) is 11.5 Å². The Morgan fingerprint density at radius 1 is 0.914 bits per heavy atom. The molecule has 1 aliphatic rings. The van der Waals surface area contributed by atoms with Crippen molar-refractivity contribution in [1.29, 1.82) is 0 Å². The van der Waals surface area contributed by atoms with Crippen molar-refractivity contribution in [2.75, 3.05) is 26.2 Å². The summed E-state index contributed by atoms with van der Waals surface area (Å²) in [4.78, 5) is 29.6. The number of rotatable bonds is 7. The summed E-state index contributed by atoms with van der Waals surface area (Å²) >= 11 is 0. The Hall–Kier alpha value is -3.55. The molecule has 0 saturated carbocycles. The van der Waals surface area contributed by atoms with Crippen LogP contribution in [0.2, 0.25) is 0 Å². The van der Waals surface area contributed by atoms with E-state index in [-0.39, 0.29) is 23.1 Å². The molecular formula is C28H29FN2O4. The molecule has 0 aromatic heterocycles. The van der Waals surface area contributed by atoms with Gasteiger partial charge in [0.05, 0.1) is 0 Å². The molecule has 7 heteroatoms. The van der Waals surface area contributed by atoms with Crippen LogP contribution in [0.1, 0.15) is 37.8 Å². The molecule has 0 unspecified atom stereocenters. The zero-order valence-electron chi connectivity index (χ0n) is 19.5. The smallest absolute Gasteiger partial charge is 0.167 e. The number of halogens is 1. The molecular weight excluding hydrogens is 447 g/mol. The van der Waals surface area contributed by atoms with Gasteiger partial charge in [0.1, 0.15) is 17.3 Å². The number of hydrogen-bond acceptors (Lipinski definition) is 6. The number of Topliss-reactive ketones (excluding diaryl/α,β-unsaturated/α-hetero) is 2. The second-order valence-corrected chi connectivity index (χ2v) is 9.07. The fourth-order valence-corrected chi connectivity index (χ4v) is 5.16. The Kier molecular flexibility index (Phi) is 7.28. The van der Waals surface area contributed by atoms with Crippen molar-refractivity contribution in [2.45, 2.75) is 12.8 Å². The number of nitrogens with two attached hydrogens (primary N) is 1. The predicted molar refractivity (Wildman–Crippen MR) is 131 cm³/mol. The maximum Gasteiger partial charge on any atom is 0.167 e. The summed E-state index contributed by atoms with van der Waals surface area (Å²) in [5.74, 6) is -2.89. The van der Waals surface area contributed by atoms with E-state index < -0.39 is 23.6 Å². The van der Waals surface area contributed by atoms with E-state index in [2.05, 4.69) is 0 Å². The van der Waals surface area contributed by atoms with Crippen LogP contribution in [0.3, 0.4) is 0 Å². The Labute approximate surface area is 203 Å². The first kappa shape index (κ1) is 24.6. The van der Waals surface area contributed by atoms with Crippen LogP contribution in [0.15, 0.2) is 66.7 Å². The molecule has 1 saturated heterocycles. The molecule has 4 N–H and O–H groups in total. The summed E-state index contributed by atoms with van der Waals surface area (Å²) in [5, 5.41) is 19.9. The Bertz CT molecular complexity index is 1180. The Morgan fingerprint density at radius 3 is 1.91 bits per heavy atom. The number of carbonyl (C=O) groups excluding carboxylic acids is 2. The van der Waals surface area contributed by atoms with Crippen LogP contribution >= 0.6 is 0 Å². The number of ketones is 2. The lowest BCUT2D eigenvalue weighted by Gasteiger charge is -2.43. The molecule has 0 spiro atoms. The van der Waals surface area contributed by atoms with E-state index in [9.17, 15) is 24.2 Å². The van der Waals surface area contributed by atoms with Gasteiger partial charge in [0.2, 0.25) is 0 Å². The molecule has 1 heterocycles. The van der Waals surface area contributed by atoms with Gasteiger partial charge in [-0.1, -0.05) is 36.4 Å². The van der Waals surface area contributed by atoms with Crippen molar-refractivity contribution < 1.29 is 24.2 Å². The summed E-state index contributed by atoms with van der Waals surface area (Å²) < 4.78 is 14.7. The maximum atomic E-state index is 14.7. The molecule has 0 radical (unpaired) electrons. The number of hydrogen-bond donors (Lipinski definition) is 3. The molecule has 3 aromatic rings. The van der Waals surface area contributed by atoms with Gasteiger partial charge < -0.3 is 20.8 Å². The molecule has 0 aliphatic carbocycles. The van der Waals surface area contributed by atoms with Gasteiger partial charge >= 0.3 is 0 Å². The average Bonchev–Trinajstić information content (AvgIpc) is 2.85. The minimum Gasteiger partial charge on any atom is -0.508 e. The first-order chi connectivity index (χ1) is 16.8. The summed E-state index contributed by atoms with van der Waals surface area (Å²) in [5.41, 5.74) is 7.48. The van der Waals surface area contributed by atoms with Gasteiger partial charge in [-0.25, -0.2) is 4.39 Å². The van der Waals surface area contributed by atoms with Gasteiger partial charge in [-0.3, -0.25) is 9.59 Å². The van der Waals surface area contributed by atoms with Crippen molar-refractivity contribution in [1.82, 2.24) is 4.90 Å². The van der Waals surface area contributed by atoms with Crippen LogP contribution in [0, 0.1) is 24.6 Å². The maximum absolute atomic E-state index is 14.7. The van der Waals surface area contributed by atoms with Crippen molar-refractivity contribution in [3.63, 3.8) is 0 Å². The van der Waals surface area contributed by atoms with Gasteiger partial charge in [-0.15, -0.1) is 0 Å². The zero-order chi connectivity index (χ0) is 25.1. The van der Waals surface area contributed by atoms with Gasteiger partial charge in [0.15, 0.2) is 11.6 Å². The topological polar surface area (TPSA) is 104 Å². The lowest BCUT2D eigenvalue weighted by atomic mass is 9.68. The van der Waals surface area contributed by atoms with Crippen molar-refractivity contribution in [3.05, 3.63) is 94.8 Å². The quantitative estimate of drug-likeness (QED) is 0.447. The van der Waals surface area contributed by atoms with Crippen molar-refractivity contribution >= 4 is 11.6 Å². The van der Waals surface area contributed by atoms with Gasteiger partial charge in [-0.2, -0.15) is 0 Å². The number of phenols is 2. The second-order valence-electron chi connectivity index (χ2n) is 9.07. The molecule has 3 aromatic carbocycles. The number of benzene rings is 3. The number of piperidine rings is 1. The van der Waals surface area contributed by atoms with E-state index in [1.54, 1.807) is 43.3 Å². The van der Waals surface area contributed by atoms with E-state index in [0.717, 1.165) is 0 Å². The van der Waals surface area contributed by atoms with E-state index >= 15 is 0 Å². The second kappa shape index (κ2) is 10.4. The molecule has 35 heavy (non-hydrogen) atoms. The fourth-order valence-electron chi connectivity index (χ4n) is 5.16. The minimum absolute atomic E-state index is 0.0312. The van der Waals surface area contributed by atoms with Crippen LogP contribution in [-0.4, -0.2) is 52.9 Å². The highest BCUT2D eigenvalue weighted by atomic mass is 19.1. The lowest BCUT2D eigenvalue weighted by molar-refractivity contribution is 0.0578. The molecule has 1 fully saturated rings. The van der Waals surface area contributed by atoms with Gasteiger partial charge in [0.25, 0.3) is 0 Å². The summed E-state index contributed by atoms with van der Waals surface area (Å²) in [6, 6.07) is 17.0. The monoisotopic (exact) mass is 476 g/mol. The normalized spacial score (nSPS) is 20.5. The third-order valence-electron chi connectivity index (χ3n) is 6.83. The van der Waals surface area contributed by atoms with E-state index in [1.165, 1.54) is 30.3 Å². The predicted octanol–water partition coefficient (Wildman–Crippen LogP) is 3.90. The van der Waals surface area contributed by atoms with E-state index in [0.29, 0.717) is 48.4 Å². The SMILES string of the molecule is Cc1c(F)cccc1[C@@H]1[C@@H](C(=O)c2cccc(O)c2)CN(CCN)C[C@H]1C(=O)c1cccc(O)c1. The van der Waals surface area contributed by atoms with Gasteiger partial charge in [0, 0.05) is 55.1 Å². The molecule has 6 nitrogen and oxygen atoms in total. The Morgan fingerprint density at radius 2 is 1.43 bits per heavy atom. The summed E-state index contributed by atoms with van der Waals surface area (Å²) in [6.07, 6.45) is 0. The highest BCUT2D eigenvalue weighted by Crippen LogP contribution is 2.42. The first-order valence-corrected chi connectivity index (χ1v) is 11.6. The molecule has 3 atom stereocenters.